The number of benzene rings is 2. The maximum Gasteiger partial charge on any atom is 0.281 e. The smallest absolute Gasteiger partial charge is 0.281 e. The Balaban J connectivity index is 1.86. The van der Waals surface area contributed by atoms with Crippen LogP contribution in [0.2, 0.25) is 5.02 Å². The number of phenolic OH excluding ortho intramolecular Hbond substituents is 1. The summed E-state index contributed by atoms with van der Waals surface area (Å²) in [7, 11) is 0. The van der Waals surface area contributed by atoms with Crippen LogP contribution in [0, 0.1) is 0 Å². The van der Waals surface area contributed by atoms with Gasteiger partial charge in [0.2, 0.25) is 0 Å². The van der Waals surface area contributed by atoms with Crippen molar-refractivity contribution in [3.63, 3.8) is 0 Å². The van der Waals surface area contributed by atoms with Crippen LogP contribution >= 0.6 is 11.6 Å². The van der Waals surface area contributed by atoms with Crippen molar-refractivity contribution in [2.45, 2.75) is 0 Å². The lowest BCUT2D eigenvalue weighted by Gasteiger charge is -2.15. The van der Waals surface area contributed by atoms with E-state index in [0.717, 1.165) is 4.90 Å². The molecule has 0 radical (unpaired) electrons. The van der Waals surface area contributed by atoms with Gasteiger partial charge in [0, 0.05) is 12.1 Å². The van der Waals surface area contributed by atoms with E-state index in [0.29, 0.717) is 11.4 Å². The first kappa shape index (κ1) is 14.2. The average molecular weight is 315 g/mol. The third-order valence-electron chi connectivity index (χ3n) is 3.16. The highest BCUT2D eigenvalue weighted by Crippen LogP contribution is 2.29. The Bertz CT molecular complexity index is 787. The van der Waals surface area contributed by atoms with E-state index in [1.54, 1.807) is 30.3 Å². The molecule has 0 aliphatic carbocycles. The highest BCUT2D eigenvalue weighted by molar-refractivity contribution is 6.34. The van der Waals surface area contributed by atoms with Crippen molar-refractivity contribution < 1.29 is 14.7 Å². The quantitative estimate of drug-likeness (QED) is 0.675. The fraction of sp³-hybridized carbons (Fsp3) is 0. The van der Waals surface area contributed by atoms with Crippen LogP contribution in [0.5, 0.6) is 5.75 Å². The summed E-state index contributed by atoms with van der Waals surface area (Å²) >= 11 is 5.99. The molecule has 1 heterocycles. The maximum atomic E-state index is 12.4. The molecule has 0 saturated carbocycles. The van der Waals surface area contributed by atoms with E-state index in [4.69, 9.17) is 11.6 Å². The van der Waals surface area contributed by atoms with Crippen molar-refractivity contribution in [1.29, 1.82) is 0 Å². The van der Waals surface area contributed by atoms with E-state index in [-0.39, 0.29) is 16.5 Å². The number of rotatable bonds is 3. The van der Waals surface area contributed by atoms with Gasteiger partial charge < -0.3 is 10.4 Å². The Hall–Kier alpha value is -2.79. The Kier molecular flexibility index (Phi) is 3.56. The number of carbonyl (C=O) groups is 2. The first-order chi connectivity index (χ1) is 10.6. The Morgan fingerprint density at radius 2 is 1.77 bits per heavy atom. The second kappa shape index (κ2) is 5.54. The monoisotopic (exact) mass is 314 g/mol. The van der Waals surface area contributed by atoms with Gasteiger partial charge in [0.05, 0.1) is 16.4 Å². The third-order valence-corrected chi connectivity index (χ3v) is 3.47. The van der Waals surface area contributed by atoms with Crippen molar-refractivity contribution in [3.8, 4) is 5.75 Å². The van der Waals surface area contributed by atoms with Crippen LogP contribution < -0.4 is 10.2 Å². The van der Waals surface area contributed by atoms with Gasteiger partial charge in [0.25, 0.3) is 11.8 Å². The number of nitrogens with zero attached hydrogens (tertiary/aromatic N) is 1. The molecule has 0 spiro atoms. The van der Waals surface area contributed by atoms with Gasteiger partial charge in [0.15, 0.2) is 0 Å². The Morgan fingerprint density at radius 3 is 2.45 bits per heavy atom. The van der Waals surface area contributed by atoms with Gasteiger partial charge in [-0.05, 0) is 24.3 Å². The number of anilines is 2. The summed E-state index contributed by atoms with van der Waals surface area (Å²) in [4.78, 5) is 25.5. The lowest BCUT2D eigenvalue weighted by molar-refractivity contribution is -0.120. The van der Waals surface area contributed by atoms with Gasteiger partial charge >= 0.3 is 0 Å². The molecule has 1 aliphatic rings. The van der Waals surface area contributed by atoms with Crippen molar-refractivity contribution in [1.82, 2.24) is 0 Å². The fourth-order valence-electron chi connectivity index (χ4n) is 2.13. The number of phenols is 1. The summed E-state index contributed by atoms with van der Waals surface area (Å²) in [6.07, 6.45) is 1.22. The van der Waals surface area contributed by atoms with Gasteiger partial charge in [-0.3, -0.25) is 9.59 Å². The molecule has 2 aromatic rings. The van der Waals surface area contributed by atoms with Gasteiger partial charge in [-0.15, -0.1) is 0 Å². The van der Waals surface area contributed by atoms with Crippen LogP contribution in [0.1, 0.15) is 0 Å². The van der Waals surface area contributed by atoms with Crippen LogP contribution in [0.15, 0.2) is 60.3 Å². The zero-order chi connectivity index (χ0) is 15.7. The first-order valence-corrected chi connectivity index (χ1v) is 6.85. The predicted octanol–water partition coefficient (Wildman–Crippen LogP) is 2.91. The van der Waals surface area contributed by atoms with E-state index in [2.05, 4.69) is 5.32 Å². The first-order valence-electron chi connectivity index (χ1n) is 6.47. The van der Waals surface area contributed by atoms with Gasteiger partial charge in [-0.2, -0.15) is 0 Å². The molecular weight excluding hydrogens is 304 g/mol. The number of halogens is 1. The number of imide groups is 1. The number of para-hydroxylation sites is 1. The number of amides is 2. The summed E-state index contributed by atoms with van der Waals surface area (Å²) < 4.78 is 0. The summed E-state index contributed by atoms with van der Waals surface area (Å²) in [6, 6.07) is 13.0. The third kappa shape index (κ3) is 2.54. The van der Waals surface area contributed by atoms with Crippen LogP contribution in [-0.2, 0) is 9.59 Å². The summed E-state index contributed by atoms with van der Waals surface area (Å²) in [5.74, 6) is -0.863. The molecule has 110 valence electrons. The van der Waals surface area contributed by atoms with Crippen molar-refractivity contribution in [3.05, 3.63) is 65.3 Å². The molecule has 5 nitrogen and oxygen atoms in total. The second-order valence-electron chi connectivity index (χ2n) is 4.66. The Labute approximate surface area is 131 Å². The van der Waals surface area contributed by atoms with E-state index in [1.165, 1.54) is 24.3 Å². The minimum atomic E-state index is -0.458. The molecule has 6 heteroatoms. The molecule has 0 atom stereocenters. The average Bonchev–Trinajstić information content (AvgIpc) is 2.77. The summed E-state index contributed by atoms with van der Waals surface area (Å²) in [5, 5.41) is 12.4. The number of aromatic hydroxyl groups is 1. The minimum absolute atomic E-state index is 0.0178. The molecule has 2 amide bonds. The molecule has 2 N–H and O–H groups in total. The van der Waals surface area contributed by atoms with E-state index in [9.17, 15) is 14.7 Å². The highest BCUT2D eigenvalue weighted by atomic mass is 35.5. The molecule has 0 fully saturated rings. The van der Waals surface area contributed by atoms with Crippen molar-refractivity contribution >= 4 is 34.8 Å². The predicted molar refractivity (Wildman–Crippen MR) is 83.8 cm³/mol. The summed E-state index contributed by atoms with van der Waals surface area (Å²) in [6.45, 7) is 0. The van der Waals surface area contributed by atoms with Gasteiger partial charge in [-0.25, -0.2) is 4.90 Å². The lowest BCUT2D eigenvalue weighted by atomic mass is 10.2. The minimum Gasteiger partial charge on any atom is -0.508 e. The van der Waals surface area contributed by atoms with Crippen LogP contribution in [0.3, 0.4) is 0 Å². The maximum absolute atomic E-state index is 12.4. The number of hydrogen-bond donors (Lipinski definition) is 2. The standard InChI is InChI=1S/C16H11ClN2O3/c17-12-8-11(20)6-7-13(12)18-14-9-15(21)19(16(14)22)10-4-2-1-3-5-10/h1-9,18,20H. The number of nitrogens with one attached hydrogen (secondary N) is 1. The van der Waals surface area contributed by atoms with Crippen LogP contribution in [0.25, 0.3) is 0 Å². The van der Waals surface area contributed by atoms with Crippen molar-refractivity contribution in [2.24, 2.45) is 0 Å². The van der Waals surface area contributed by atoms with Gasteiger partial charge in [-0.1, -0.05) is 29.8 Å². The molecule has 22 heavy (non-hydrogen) atoms. The highest BCUT2D eigenvalue weighted by Gasteiger charge is 2.32. The molecule has 2 aromatic carbocycles. The molecule has 0 bridgehead atoms. The normalized spacial score (nSPS) is 14.2. The largest absolute Gasteiger partial charge is 0.508 e. The van der Waals surface area contributed by atoms with Gasteiger partial charge in [0.1, 0.15) is 11.4 Å². The number of carbonyl (C=O) groups excluding carboxylic acids is 2. The lowest BCUT2D eigenvalue weighted by Crippen LogP contribution is -2.31. The molecule has 1 aliphatic heterocycles. The fourth-order valence-corrected chi connectivity index (χ4v) is 2.35. The molecule has 0 aromatic heterocycles. The Morgan fingerprint density at radius 1 is 1.05 bits per heavy atom. The zero-order valence-corrected chi connectivity index (χ0v) is 12.0. The zero-order valence-electron chi connectivity index (χ0n) is 11.3. The van der Waals surface area contributed by atoms with E-state index < -0.39 is 11.8 Å². The molecular formula is C16H11ClN2O3. The van der Waals surface area contributed by atoms with E-state index in [1.807, 2.05) is 0 Å². The second-order valence-corrected chi connectivity index (χ2v) is 5.07. The molecule has 3 rings (SSSR count). The van der Waals surface area contributed by atoms with Crippen LogP contribution in [0.4, 0.5) is 11.4 Å². The topological polar surface area (TPSA) is 69.6 Å². The van der Waals surface area contributed by atoms with Crippen LogP contribution in [-0.4, -0.2) is 16.9 Å². The van der Waals surface area contributed by atoms with E-state index >= 15 is 0 Å². The molecule has 0 saturated heterocycles. The SMILES string of the molecule is O=C1C=C(Nc2ccc(O)cc2Cl)C(=O)N1c1ccccc1. The summed E-state index contributed by atoms with van der Waals surface area (Å²) in [5.41, 5.74) is 1.06. The number of hydrogen-bond acceptors (Lipinski definition) is 4. The van der Waals surface area contributed by atoms with Crippen molar-refractivity contribution in [2.75, 3.05) is 10.2 Å². The molecule has 0 unspecified atom stereocenters.